The van der Waals surface area contributed by atoms with Gasteiger partial charge in [-0.3, -0.25) is 0 Å². The molecular formula is C13H28N2. The van der Waals surface area contributed by atoms with Crippen molar-refractivity contribution in [2.45, 2.75) is 64.5 Å². The van der Waals surface area contributed by atoms with Gasteiger partial charge in [0.2, 0.25) is 0 Å². The summed E-state index contributed by atoms with van der Waals surface area (Å²) in [5, 5.41) is 3.77. The van der Waals surface area contributed by atoms with Gasteiger partial charge in [-0.05, 0) is 46.3 Å². The number of piperidine rings is 1. The van der Waals surface area contributed by atoms with Crippen LogP contribution in [0.3, 0.4) is 0 Å². The lowest BCUT2D eigenvalue weighted by atomic mass is 10.0. The molecule has 15 heavy (non-hydrogen) atoms. The molecule has 1 heterocycles. The zero-order chi connectivity index (χ0) is 11.1. The van der Waals surface area contributed by atoms with E-state index in [0.29, 0.717) is 6.04 Å². The highest BCUT2D eigenvalue weighted by Gasteiger charge is 2.17. The van der Waals surface area contributed by atoms with Crippen LogP contribution in [0.4, 0.5) is 0 Å². The van der Waals surface area contributed by atoms with Crippen molar-refractivity contribution in [2.75, 3.05) is 20.1 Å². The Bertz CT molecular complexity index is 151. The van der Waals surface area contributed by atoms with Crippen LogP contribution in [0.1, 0.15) is 52.4 Å². The van der Waals surface area contributed by atoms with Crippen molar-refractivity contribution >= 4 is 0 Å². The minimum atomic E-state index is 0.713. The standard InChI is InChI=1S/C13H28N2/c1-4-5-6-7-12(2)14-13-8-10-15(3)11-9-13/h12-14H,4-11H2,1-3H3. The van der Waals surface area contributed by atoms with E-state index in [9.17, 15) is 0 Å². The van der Waals surface area contributed by atoms with Gasteiger partial charge >= 0.3 is 0 Å². The van der Waals surface area contributed by atoms with Crippen LogP contribution in [0.15, 0.2) is 0 Å². The van der Waals surface area contributed by atoms with E-state index in [4.69, 9.17) is 0 Å². The first-order valence-corrected chi connectivity index (χ1v) is 6.67. The van der Waals surface area contributed by atoms with Crippen LogP contribution < -0.4 is 5.32 Å². The molecule has 1 fully saturated rings. The molecule has 2 nitrogen and oxygen atoms in total. The summed E-state index contributed by atoms with van der Waals surface area (Å²) in [4.78, 5) is 2.43. The third-order valence-corrected chi connectivity index (χ3v) is 3.48. The summed E-state index contributed by atoms with van der Waals surface area (Å²) in [6.07, 6.45) is 8.11. The second-order valence-electron chi connectivity index (χ2n) is 5.14. The molecule has 2 heteroatoms. The second-order valence-corrected chi connectivity index (χ2v) is 5.14. The molecule has 0 saturated carbocycles. The van der Waals surface area contributed by atoms with Gasteiger partial charge < -0.3 is 10.2 Å². The van der Waals surface area contributed by atoms with Crippen LogP contribution in [0.2, 0.25) is 0 Å². The first kappa shape index (κ1) is 13.0. The van der Waals surface area contributed by atoms with Gasteiger partial charge in [0.05, 0.1) is 0 Å². The van der Waals surface area contributed by atoms with Crippen LogP contribution in [0, 0.1) is 0 Å². The predicted molar refractivity (Wildman–Crippen MR) is 67.3 cm³/mol. The summed E-state index contributed by atoms with van der Waals surface area (Å²) in [6, 6.07) is 1.49. The van der Waals surface area contributed by atoms with E-state index in [-0.39, 0.29) is 0 Å². The fourth-order valence-corrected chi connectivity index (χ4v) is 2.36. The summed E-state index contributed by atoms with van der Waals surface area (Å²) in [5.41, 5.74) is 0. The highest BCUT2D eigenvalue weighted by molar-refractivity contribution is 4.77. The minimum Gasteiger partial charge on any atom is -0.311 e. The zero-order valence-electron chi connectivity index (χ0n) is 10.8. The van der Waals surface area contributed by atoms with Crippen LogP contribution in [-0.4, -0.2) is 37.1 Å². The molecule has 1 rings (SSSR count). The van der Waals surface area contributed by atoms with Gasteiger partial charge in [0, 0.05) is 12.1 Å². The molecule has 0 bridgehead atoms. The van der Waals surface area contributed by atoms with E-state index in [1.54, 1.807) is 0 Å². The van der Waals surface area contributed by atoms with Gasteiger partial charge in [-0.15, -0.1) is 0 Å². The van der Waals surface area contributed by atoms with E-state index in [0.717, 1.165) is 6.04 Å². The summed E-state index contributed by atoms with van der Waals surface area (Å²) in [5.74, 6) is 0. The SMILES string of the molecule is CCCCCC(C)NC1CCN(C)CC1. The first-order valence-electron chi connectivity index (χ1n) is 6.67. The summed E-state index contributed by atoms with van der Waals surface area (Å²) in [6.45, 7) is 7.14. The topological polar surface area (TPSA) is 15.3 Å². The molecule has 1 unspecified atom stereocenters. The largest absolute Gasteiger partial charge is 0.311 e. The Morgan fingerprint density at radius 1 is 1.27 bits per heavy atom. The average molecular weight is 212 g/mol. The summed E-state index contributed by atoms with van der Waals surface area (Å²) in [7, 11) is 2.22. The van der Waals surface area contributed by atoms with E-state index in [1.807, 2.05) is 0 Å². The molecule has 1 aliphatic rings. The molecule has 1 N–H and O–H groups in total. The van der Waals surface area contributed by atoms with Crippen LogP contribution in [0.5, 0.6) is 0 Å². The number of nitrogens with one attached hydrogen (secondary N) is 1. The van der Waals surface area contributed by atoms with Gasteiger partial charge in [-0.1, -0.05) is 26.2 Å². The molecule has 0 aliphatic carbocycles. The Hall–Kier alpha value is -0.0800. The van der Waals surface area contributed by atoms with Crippen molar-refractivity contribution in [1.29, 1.82) is 0 Å². The Kier molecular flexibility index (Phi) is 6.26. The van der Waals surface area contributed by atoms with Gasteiger partial charge in [0.1, 0.15) is 0 Å². The molecule has 0 radical (unpaired) electrons. The second kappa shape index (κ2) is 7.24. The lowest BCUT2D eigenvalue weighted by Gasteiger charge is -2.31. The van der Waals surface area contributed by atoms with Crippen molar-refractivity contribution in [2.24, 2.45) is 0 Å². The first-order chi connectivity index (χ1) is 7.22. The maximum atomic E-state index is 3.77. The third-order valence-electron chi connectivity index (χ3n) is 3.48. The number of nitrogens with zero attached hydrogens (tertiary/aromatic N) is 1. The number of rotatable bonds is 6. The monoisotopic (exact) mass is 212 g/mol. The lowest BCUT2D eigenvalue weighted by molar-refractivity contribution is 0.224. The lowest BCUT2D eigenvalue weighted by Crippen LogP contribution is -2.44. The number of likely N-dealkylation sites (tertiary alicyclic amines) is 1. The maximum absolute atomic E-state index is 3.77. The predicted octanol–water partition coefficient (Wildman–Crippen LogP) is 2.64. The van der Waals surface area contributed by atoms with Crippen LogP contribution in [0.25, 0.3) is 0 Å². The number of hydrogen-bond donors (Lipinski definition) is 1. The maximum Gasteiger partial charge on any atom is 0.00938 e. The highest BCUT2D eigenvalue weighted by Crippen LogP contribution is 2.11. The highest BCUT2D eigenvalue weighted by atomic mass is 15.1. The molecule has 1 atom stereocenters. The Balaban J connectivity index is 2.06. The molecule has 1 aliphatic heterocycles. The van der Waals surface area contributed by atoms with E-state index >= 15 is 0 Å². The van der Waals surface area contributed by atoms with Crippen LogP contribution in [-0.2, 0) is 0 Å². The molecular weight excluding hydrogens is 184 g/mol. The molecule has 0 aromatic heterocycles. The van der Waals surface area contributed by atoms with E-state index in [1.165, 1.54) is 51.6 Å². The van der Waals surface area contributed by atoms with Gasteiger partial charge in [-0.2, -0.15) is 0 Å². The summed E-state index contributed by atoms with van der Waals surface area (Å²) < 4.78 is 0. The van der Waals surface area contributed by atoms with Crippen molar-refractivity contribution in [3.8, 4) is 0 Å². The van der Waals surface area contributed by atoms with Gasteiger partial charge in [0.15, 0.2) is 0 Å². The van der Waals surface area contributed by atoms with Crippen molar-refractivity contribution in [1.82, 2.24) is 10.2 Å². The fourth-order valence-electron chi connectivity index (χ4n) is 2.36. The Labute approximate surface area is 95.4 Å². The number of hydrogen-bond acceptors (Lipinski definition) is 2. The smallest absolute Gasteiger partial charge is 0.00938 e. The molecule has 0 aromatic rings. The number of unbranched alkanes of at least 4 members (excludes halogenated alkanes) is 2. The molecule has 90 valence electrons. The van der Waals surface area contributed by atoms with Crippen molar-refractivity contribution in [3.63, 3.8) is 0 Å². The average Bonchev–Trinajstić information content (AvgIpc) is 2.22. The van der Waals surface area contributed by atoms with Crippen molar-refractivity contribution in [3.05, 3.63) is 0 Å². The third kappa shape index (κ3) is 5.53. The molecule has 0 amide bonds. The molecule has 1 saturated heterocycles. The zero-order valence-corrected chi connectivity index (χ0v) is 10.8. The molecule has 0 spiro atoms. The quantitative estimate of drug-likeness (QED) is 0.681. The van der Waals surface area contributed by atoms with Gasteiger partial charge in [-0.25, -0.2) is 0 Å². The van der Waals surface area contributed by atoms with Crippen LogP contribution >= 0.6 is 0 Å². The molecule has 0 aromatic carbocycles. The fraction of sp³-hybridized carbons (Fsp3) is 1.00. The normalized spacial score (nSPS) is 21.8. The minimum absolute atomic E-state index is 0.713. The summed E-state index contributed by atoms with van der Waals surface area (Å²) >= 11 is 0. The van der Waals surface area contributed by atoms with E-state index < -0.39 is 0 Å². The van der Waals surface area contributed by atoms with Crippen molar-refractivity contribution < 1.29 is 0 Å². The van der Waals surface area contributed by atoms with E-state index in [2.05, 4.69) is 31.1 Å². The Morgan fingerprint density at radius 2 is 1.93 bits per heavy atom. The van der Waals surface area contributed by atoms with Gasteiger partial charge in [0.25, 0.3) is 0 Å². The Morgan fingerprint density at radius 3 is 2.53 bits per heavy atom.